The van der Waals surface area contributed by atoms with Crippen molar-refractivity contribution >= 4 is 29.3 Å². The minimum Gasteiger partial charge on any atom is -0.347 e. The first-order valence-electron chi connectivity index (χ1n) is 7.46. The summed E-state index contributed by atoms with van der Waals surface area (Å²) in [6.07, 6.45) is 0.0336. The molecule has 138 valence electrons. The summed E-state index contributed by atoms with van der Waals surface area (Å²) in [5.41, 5.74) is -0.529. The summed E-state index contributed by atoms with van der Waals surface area (Å²) in [4.78, 5) is 23.7. The van der Waals surface area contributed by atoms with Crippen molar-refractivity contribution in [2.24, 2.45) is 0 Å². The standard InChI is InChI=1S/C17H14F4N2O2S/c18-10-3-1-2-4-13(10)26-8-7-14(24)22-9-15(25)23-12-6-5-11(19)16(20)17(12)21/h1-6H,7-9H2,(H,22,24)(H,23,25). The van der Waals surface area contributed by atoms with Gasteiger partial charge < -0.3 is 10.6 Å². The van der Waals surface area contributed by atoms with Crippen LogP contribution in [0.4, 0.5) is 23.2 Å². The molecule has 0 saturated heterocycles. The van der Waals surface area contributed by atoms with Crippen molar-refractivity contribution in [2.75, 3.05) is 17.6 Å². The SMILES string of the molecule is O=C(CCSc1ccccc1F)NCC(=O)Nc1ccc(F)c(F)c1F. The normalized spacial score (nSPS) is 10.5. The maximum atomic E-state index is 13.4. The van der Waals surface area contributed by atoms with Crippen LogP contribution in [0.5, 0.6) is 0 Å². The van der Waals surface area contributed by atoms with Crippen LogP contribution in [-0.4, -0.2) is 24.1 Å². The first kappa shape index (κ1) is 19.8. The number of amides is 2. The molecule has 0 unspecified atom stereocenters. The van der Waals surface area contributed by atoms with Crippen LogP contribution >= 0.6 is 11.8 Å². The Balaban J connectivity index is 1.74. The zero-order valence-electron chi connectivity index (χ0n) is 13.3. The van der Waals surface area contributed by atoms with E-state index < -0.39 is 41.5 Å². The van der Waals surface area contributed by atoms with E-state index in [0.29, 0.717) is 16.7 Å². The second-order valence-electron chi connectivity index (χ2n) is 5.08. The van der Waals surface area contributed by atoms with E-state index in [0.717, 1.165) is 17.8 Å². The molecule has 26 heavy (non-hydrogen) atoms. The van der Waals surface area contributed by atoms with Crippen LogP contribution in [-0.2, 0) is 9.59 Å². The van der Waals surface area contributed by atoms with Crippen molar-refractivity contribution in [3.8, 4) is 0 Å². The first-order chi connectivity index (χ1) is 12.4. The van der Waals surface area contributed by atoms with E-state index in [2.05, 4.69) is 5.32 Å². The number of rotatable bonds is 7. The molecule has 9 heteroatoms. The molecule has 0 atom stereocenters. The highest BCUT2D eigenvalue weighted by Crippen LogP contribution is 2.21. The third kappa shape index (κ3) is 5.48. The molecule has 0 saturated carbocycles. The van der Waals surface area contributed by atoms with Crippen LogP contribution in [0, 0.1) is 23.3 Å². The monoisotopic (exact) mass is 386 g/mol. The van der Waals surface area contributed by atoms with Crippen LogP contribution in [0.15, 0.2) is 41.3 Å². The summed E-state index contributed by atoms with van der Waals surface area (Å²) >= 11 is 1.15. The third-order valence-corrected chi connectivity index (χ3v) is 4.23. The van der Waals surface area contributed by atoms with Gasteiger partial charge in [0.2, 0.25) is 11.8 Å². The number of halogens is 4. The Bertz CT molecular complexity index is 817. The molecule has 4 nitrogen and oxygen atoms in total. The van der Waals surface area contributed by atoms with Crippen LogP contribution in [0.3, 0.4) is 0 Å². The number of hydrogen-bond donors (Lipinski definition) is 2. The first-order valence-corrected chi connectivity index (χ1v) is 8.44. The van der Waals surface area contributed by atoms with E-state index in [1.807, 2.05) is 5.32 Å². The van der Waals surface area contributed by atoms with Crippen LogP contribution in [0.2, 0.25) is 0 Å². The van der Waals surface area contributed by atoms with E-state index in [1.54, 1.807) is 18.2 Å². The van der Waals surface area contributed by atoms with Crippen molar-refractivity contribution in [1.82, 2.24) is 5.32 Å². The predicted molar refractivity (Wildman–Crippen MR) is 89.7 cm³/mol. The van der Waals surface area contributed by atoms with Gasteiger partial charge in [0, 0.05) is 17.1 Å². The van der Waals surface area contributed by atoms with Gasteiger partial charge in [-0.15, -0.1) is 11.8 Å². The van der Waals surface area contributed by atoms with Gasteiger partial charge in [0.05, 0.1) is 12.2 Å². The highest BCUT2D eigenvalue weighted by atomic mass is 32.2. The molecule has 2 amide bonds. The zero-order valence-corrected chi connectivity index (χ0v) is 14.1. The highest BCUT2D eigenvalue weighted by Gasteiger charge is 2.15. The van der Waals surface area contributed by atoms with Crippen LogP contribution in [0.1, 0.15) is 6.42 Å². The lowest BCUT2D eigenvalue weighted by Crippen LogP contribution is -2.33. The number of thioether (sulfide) groups is 1. The minimum absolute atomic E-state index is 0.0336. The van der Waals surface area contributed by atoms with Crippen molar-refractivity contribution in [1.29, 1.82) is 0 Å². The fourth-order valence-corrected chi connectivity index (χ4v) is 2.79. The average molecular weight is 386 g/mol. The van der Waals surface area contributed by atoms with E-state index >= 15 is 0 Å². The molecule has 2 aromatic carbocycles. The van der Waals surface area contributed by atoms with Gasteiger partial charge in [0.15, 0.2) is 17.5 Å². The molecular formula is C17H14F4N2O2S. The van der Waals surface area contributed by atoms with Gasteiger partial charge in [-0.3, -0.25) is 9.59 Å². The second kappa shape index (κ2) is 9.23. The largest absolute Gasteiger partial charge is 0.347 e. The molecule has 2 rings (SSSR count). The van der Waals surface area contributed by atoms with Gasteiger partial charge in [-0.1, -0.05) is 12.1 Å². The second-order valence-corrected chi connectivity index (χ2v) is 6.21. The Morgan fingerprint density at radius 2 is 1.62 bits per heavy atom. The molecule has 0 heterocycles. The smallest absolute Gasteiger partial charge is 0.243 e. The van der Waals surface area contributed by atoms with Gasteiger partial charge in [0.1, 0.15) is 5.82 Å². The number of nitrogens with one attached hydrogen (secondary N) is 2. The maximum Gasteiger partial charge on any atom is 0.243 e. The number of carbonyl (C=O) groups excluding carboxylic acids is 2. The highest BCUT2D eigenvalue weighted by molar-refractivity contribution is 7.99. The number of carbonyl (C=O) groups is 2. The molecule has 0 bridgehead atoms. The molecule has 0 spiro atoms. The van der Waals surface area contributed by atoms with Crippen LogP contribution in [0.25, 0.3) is 0 Å². The summed E-state index contributed by atoms with van der Waals surface area (Å²) in [6.45, 7) is -0.471. The molecule has 0 fully saturated rings. The predicted octanol–water partition coefficient (Wildman–Crippen LogP) is 3.48. The Morgan fingerprint density at radius 1 is 0.885 bits per heavy atom. The summed E-state index contributed by atoms with van der Waals surface area (Å²) < 4.78 is 52.7. The van der Waals surface area contributed by atoms with E-state index in [1.165, 1.54) is 6.07 Å². The molecule has 0 aliphatic heterocycles. The number of anilines is 1. The van der Waals surface area contributed by atoms with Gasteiger partial charge >= 0.3 is 0 Å². The lowest BCUT2D eigenvalue weighted by molar-refractivity contribution is -0.123. The lowest BCUT2D eigenvalue weighted by atomic mass is 10.2. The van der Waals surface area contributed by atoms with Crippen LogP contribution < -0.4 is 10.6 Å². The van der Waals surface area contributed by atoms with Gasteiger partial charge in [-0.2, -0.15) is 0 Å². The molecular weight excluding hydrogens is 372 g/mol. The van der Waals surface area contributed by atoms with Crippen molar-refractivity contribution in [2.45, 2.75) is 11.3 Å². The summed E-state index contributed by atoms with van der Waals surface area (Å²) in [5.74, 6) is -5.94. The average Bonchev–Trinajstić information content (AvgIpc) is 2.62. The van der Waals surface area contributed by atoms with Gasteiger partial charge in [-0.05, 0) is 24.3 Å². The molecule has 0 aliphatic rings. The molecule has 2 N–H and O–H groups in total. The summed E-state index contributed by atoms with van der Waals surface area (Å²) in [5, 5.41) is 4.33. The summed E-state index contributed by atoms with van der Waals surface area (Å²) in [7, 11) is 0. The zero-order chi connectivity index (χ0) is 19.1. The Labute approximate surface area is 151 Å². The van der Waals surface area contributed by atoms with Crippen molar-refractivity contribution < 1.29 is 27.2 Å². The molecule has 0 radical (unpaired) electrons. The van der Waals surface area contributed by atoms with E-state index in [-0.39, 0.29) is 12.2 Å². The topological polar surface area (TPSA) is 58.2 Å². The van der Waals surface area contributed by atoms with Gasteiger partial charge in [-0.25, -0.2) is 17.6 Å². The maximum absolute atomic E-state index is 13.4. The number of benzene rings is 2. The molecule has 2 aromatic rings. The van der Waals surface area contributed by atoms with E-state index in [4.69, 9.17) is 0 Å². The Kier molecular flexibility index (Phi) is 7.02. The van der Waals surface area contributed by atoms with Crippen molar-refractivity contribution in [3.63, 3.8) is 0 Å². The fourth-order valence-electron chi connectivity index (χ4n) is 1.90. The van der Waals surface area contributed by atoms with Crippen molar-refractivity contribution in [3.05, 3.63) is 59.7 Å². The number of hydrogen-bond acceptors (Lipinski definition) is 3. The minimum atomic E-state index is -1.70. The quantitative estimate of drug-likeness (QED) is 0.435. The Morgan fingerprint density at radius 3 is 2.35 bits per heavy atom. The Hall–Kier alpha value is -2.55. The van der Waals surface area contributed by atoms with E-state index in [9.17, 15) is 27.2 Å². The fraction of sp³-hybridized carbons (Fsp3) is 0.176. The molecule has 0 aromatic heterocycles. The summed E-state index contributed by atoms with van der Waals surface area (Å²) in [6, 6.07) is 7.67. The lowest BCUT2D eigenvalue weighted by Gasteiger charge is -2.08. The third-order valence-electron chi connectivity index (χ3n) is 3.18. The molecule has 0 aliphatic carbocycles. The van der Waals surface area contributed by atoms with Gasteiger partial charge in [0.25, 0.3) is 0 Å².